The molecule has 1 amide bonds. The molecule has 0 fully saturated rings. The average Bonchev–Trinajstić information content (AvgIpc) is 3.21. The molecule has 0 atom stereocenters. The normalized spacial score (nSPS) is 15.3. The van der Waals surface area contributed by atoms with Crippen molar-refractivity contribution in [1.29, 1.82) is 0 Å². The number of hydrogen-bond acceptors (Lipinski definition) is 7. The van der Waals surface area contributed by atoms with Crippen molar-refractivity contribution in [2.75, 3.05) is 13.7 Å². The second kappa shape index (κ2) is 13.0. The summed E-state index contributed by atoms with van der Waals surface area (Å²) in [5.74, 6) is -0.364. The van der Waals surface area contributed by atoms with E-state index in [0.717, 1.165) is 28.1 Å². The summed E-state index contributed by atoms with van der Waals surface area (Å²) in [6.45, 7) is 4.00. The number of esters is 1. The molecule has 0 saturated heterocycles. The highest BCUT2D eigenvalue weighted by Crippen LogP contribution is 2.42. The van der Waals surface area contributed by atoms with Gasteiger partial charge in [0.25, 0.3) is 0 Å². The zero-order valence-electron chi connectivity index (χ0n) is 21.8. The van der Waals surface area contributed by atoms with Gasteiger partial charge in [0, 0.05) is 6.42 Å². The number of fused-ring (bicyclic) bond motifs is 1. The van der Waals surface area contributed by atoms with Gasteiger partial charge in [-0.2, -0.15) is 0 Å². The number of halogens is 1. The Morgan fingerprint density at radius 2 is 1.87 bits per heavy atom. The van der Waals surface area contributed by atoms with Gasteiger partial charge in [0.05, 0.1) is 23.1 Å². The Morgan fingerprint density at radius 3 is 2.62 bits per heavy atom. The first-order valence-corrected chi connectivity index (χ1v) is 14.1. The monoisotopic (exact) mass is 609 g/mol. The number of aliphatic hydroxyl groups excluding tert-OH is 1. The molecule has 39 heavy (non-hydrogen) atoms. The lowest BCUT2D eigenvalue weighted by atomic mass is 10.1. The predicted octanol–water partition coefficient (Wildman–Crippen LogP) is 7.38. The quantitative estimate of drug-likeness (QED) is 0.253. The van der Waals surface area contributed by atoms with Crippen molar-refractivity contribution in [3.8, 4) is 11.5 Å². The van der Waals surface area contributed by atoms with E-state index in [2.05, 4.69) is 39.1 Å². The number of amides is 1. The summed E-state index contributed by atoms with van der Waals surface area (Å²) in [5.41, 5.74) is 1.61. The largest absolute Gasteiger partial charge is 0.506 e. The third-order valence-electron chi connectivity index (χ3n) is 5.86. The number of rotatable bonds is 9. The van der Waals surface area contributed by atoms with Gasteiger partial charge in [0.1, 0.15) is 23.0 Å². The van der Waals surface area contributed by atoms with Gasteiger partial charge in [-0.3, -0.25) is 4.79 Å². The summed E-state index contributed by atoms with van der Waals surface area (Å²) in [7, 11) is 1.55. The van der Waals surface area contributed by atoms with Crippen molar-refractivity contribution in [2.24, 2.45) is 4.99 Å². The van der Waals surface area contributed by atoms with Gasteiger partial charge in [0.15, 0.2) is 11.5 Å². The molecule has 3 aromatic carbocycles. The zero-order chi connectivity index (χ0) is 27.9. The Labute approximate surface area is 239 Å². The van der Waals surface area contributed by atoms with E-state index in [1.165, 1.54) is 0 Å². The van der Waals surface area contributed by atoms with Crippen LogP contribution >= 0.6 is 27.7 Å². The van der Waals surface area contributed by atoms with Crippen LogP contribution in [0.4, 0.5) is 0 Å². The Balaban J connectivity index is 1.64. The number of methoxy groups -OCH3 is 1. The second-order valence-electron chi connectivity index (χ2n) is 8.58. The lowest BCUT2D eigenvalue weighted by Gasteiger charge is -2.15. The third-order valence-corrected chi connectivity index (χ3v) is 7.47. The average molecular weight is 611 g/mol. The molecule has 1 aliphatic heterocycles. The molecule has 0 saturated carbocycles. The van der Waals surface area contributed by atoms with E-state index in [9.17, 15) is 14.7 Å². The molecule has 9 heteroatoms. The van der Waals surface area contributed by atoms with E-state index in [1.807, 2.05) is 37.3 Å². The Bertz CT molecular complexity index is 1510. The SMILES string of the molecule is CCCC(=O)N=C1S/C(=C\c2cc(Br)c(OCc3cccc4ccccc34)c(OC)c2)C(O)=C1C(=O)OCC. The Kier molecular flexibility index (Phi) is 9.48. The maximum Gasteiger partial charge on any atom is 0.344 e. The summed E-state index contributed by atoms with van der Waals surface area (Å²) in [5, 5.41) is 13.3. The summed E-state index contributed by atoms with van der Waals surface area (Å²) in [6.07, 6.45) is 2.55. The van der Waals surface area contributed by atoms with Gasteiger partial charge in [-0.25, -0.2) is 9.79 Å². The number of nitrogens with zero attached hydrogens (tertiary/aromatic N) is 1. The smallest absolute Gasteiger partial charge is 0.344 e. The standard InChI is InChI=1S/C30H28BrNO6S/c1-4-9-25(33)32-29-26(30(35)37-5-2)27(34)24(39-29)16-18-14-22(31)28(23(15-18)36-3)38-17-20-12-8-11-19-10-6-7-13-21(19)20/h6-8,10-16,34H,4-5,9,17H2,1-3H3/b24-16-,32-29?. The third kappa shape index (κ3) is 6.54. The van der Waals surface area contributed by atoms with Crippen molar-refractivity contribution in [2.45, 2.75) is 33.3 Å². The highest BCUT2D eigenvalue weighted by Gasteiger charge is 2.33. The van der Waals surface area contributed by atoms with Gasteiger partial charge < -0.3 is 19.3 Å². The van der Waals surface area contributed by atoms with Crippen molar-refractivity contribution >= 4 is 61.5 Å². The molecule has 1 N–H and O–H groups in total. The number of aliphatic imine (C=N–C) groups is 1. The summed E-state index contributed by atoms with van der Waals surface area (Å²) in [4.78, 5) is 29.2. The fraction of sp³-hybridized carbons (Fsp3) is 0.233. The molecule has 0 unspecified atom stereocenters. The molecule has 202 valence electrons. The minimum absolute atomic E-state index is 0.112. The van der Waals surface area contributed by atoms with E-state index < -0.39 is 5.97 Å². The van der Waals surface area contributed by atoms with Crippen LogP contribution in [0.3, 0.4) is 0 Å². The number of carbonyl (C=O) groups is 2. The molecule has 7 nitrogen and oxygen atoms in total. The van der Waals surface area contributed by atoms with Gasteiger partial charge in [-0.1, -0.05) is 61.2 Å². The van der Waals surface area contributed by atoms with E-state index in [1.54, 1.807) is 26.2 Å². The molecule has 1 aliphatic rings. The Morgan fingerprint density at radius 1 is 1.10 bits per heavy atom. The van der Waals surface area contributed by atoms with Crippen molar-refractivity contribution < 1.29 is 28.9 Å². The van der Waals surface area contributed by atoms with Crippen LogP contribution in [0.2, 0.25) is 0 Å². The van der Waals surface area contributed by atoms with E-state index in [-0.39, 0.29) is 35.3 Å². The van der Waals surface area contributed by atoms with Crippen LogP contribution in [0.5, 0.6) is 11.5 Å². The molecule has 0 aliphatic carbocycles. The lowest BCUT2D eigenvalue weighted by Crippen LogP contribution is -2.14. The van der Waals surface area contributed by atoms with Gasteiger partial charge in [0.2, 0.25) is 5.91 Å². The highest BCUT2D eigenvalue weighted by atomic mass is 79.9. The number of ether oxygens (including phenoxy) is 3. The van der Waals surface area contributed by atoms with Crippen molar-refractivity contribution in [3.63, 3.8) is 0 Å². The first kappa shape index (κ1) is 28.4. The van der Waals surface area contributed by atoms with Crippen LogP contribution in [0, 0.1) is 0 Å². The number of benzene rings is 3. The number of carbonyl (C=O) groups excluding carboxylic acids is 2. The van der Waals surface area contributed by atoms with Crippen molar-refractivity contribution in [1.82, 2.24) is 0 Å². The van der Waals surface area contributed by atoms with Gasteiger partial charge in [-0.15, -0.1) is 0 Å². The second-order valence-corrected chi connectivity index (χ2v) is 10.5. The molecule has 0 spiro atoms. The van der Waals surface area contributed by atoms with E-state index in [4.69, 9.17) is 14.2 Å². The first-order chi connectivity index (χ1) is 18.9. The molecule has 0 aromatic heterocycles. The number of thioether (sulfide) groups is 1. The van der Waals surface area contributed by atoms with Crippen LogP contribution < -0.4 is 9.47 Å². The maximum atomic E-state index is 12.6. The molecule has 4 rings (SSSR count). The fourth-order valence-electron chi connectivity index (χ4n) is 4.06. The van der Waals surface area contributed by atoms with Crippen LogP contribution in [0.25, 0.3) is 16.8 Å². The van der Waals surface area contributed by atoms with Crippen LogP contribution in [0.15, 0.2) is 80.3 Å². The van der Waals surface area contributed by atoms with E-state index in [0.29, 0.717) is 39.5 Å². The maximum absolute atomic E-state index is 12.6. The van der Waals surface area contributed by atoms with Crippen molar-refractivity contribution in [3.05, 3.63) is 86.4 Å². The molecule has 0 radical (unpaired) electrons. The lowest BCUT2D eigenvalue weighted by molar-refractivity contribution is -0.138. The summed E-state index contributed by atoms with van der Waals surface area (Å²) < 4.78 is 17.5. The predicted molar refractivity (Wildman–Crippen MR) is 158 cm³/mol. The van der Waals surface area contributed by atoms with Gasteiger partial charge in [-0.05, 0) is 69.4 Å². The van der Waals surface area contributed by atoms with Crippen LogP contribution in [-0.4, -0.2) is 35.7 Å². The molecule has 3 aromatic rings. The summed E-state index contributed by atoms with van der Waals surface area (Å²) >= 11 is 4.63. The fourth-order valence-corrected chi connectivity index (χ4v) is 5.66. The number of hydrogen-bond donors (Lipinski definition) is 1. The minimum atomic E-state index is -0.732. The summed E-state index contributed by atoms with van der Waals surface area (Å²) in [6, 6.07) is 17.8. The first-order valence-electron chi connectivity index (χ1n) is 12.4. The van der Waals surface area contributed by atoms with Gasteiger partial charge >= 0.3 is 5.97 Å². The topological polar surface area (TPSA) is 94.4 Å². The van der Waals surface area contributed by atoms with Crippen LogP contribution in [-0.2, 0) is 20.9 Å². The highest BCUT2D eigenvalue weighted by molar-refractivity contribution is 9.10. The zero-order valence-corrected chi connectivity index (χ0v) is 24.2. The number of aliphatic hydroxyl groups is 1. The molecular formula is C30H28BrNO6S. The minimum Gasteiger partial charge on any atom is -0.506 e. The molecular weight excluding hydrogens is 582 g/mol. The Hall–Kier alpha value is -3.56. The van der Waals surface area contributed by atoms with Crippen LogP contribution in [0.1, 0.15) is 37.8 Å². The van der Waals surface area contributed by atoms with E-state index >= 15 is 0 Å². The molecule has 0 bridgehead atoms. The molecule has 1 heterocycles.